The molecule has 0 aliphatic rings. The predicted molar refractivity (Wildman–Crippen MR) is 233 cm³/mol. The van der Waals surface area contributed by atoms with Crippen molar-refractivity contribution in [2.75, 3.05) is 9.80 Å². The standard InChI is InChI=1S/C36H26I2N2O2P2S4/c37-47(45)43(41)35-23-19-33(20-24-35)40(34-21-25-36(26-22-34)44(42)48(38)46)32-17-13-28(14-18-32)27-11-15-31(16-12-27)39(29-7-3-1-4-8-29)30-9-5-2-6-10-30/h1-26H/q-2. The first-order valence-corrected chi connectivity index (χ1v) is 27.6. The van der Waals surface area contributed by atoms with E-state index in [1.54, 1.807) is 0 Å². The van der Waals surface area contributed by atoms with Crippen LogP contribution in [-0.4, -0.2) is 0 Å². The summed E-state index contributed by atoms with van der Waals surface area (Å²) in [5.74, 6) is -1.29. The average molecular weight is 963 g/mol. The fourth-order valence-corrected chi connectivity index (χ4v) is 13.8. The Hall–Kier alpha value is -2.28. The highest BCUT2D eigenvalue weighted by atomic mass is 127. The summed E-state index contributed by atoms with van der Waals surface area (Å²) in [6.45, 7) is -3.28. The first-order chi connectivity index (χ1) is 23.3. The highest BCUT2D eigenvalue weighted by Gasteiger charge is 2.15. The minimum Gasteiger partial charge on any atom is -0.311 e. The van der Waals surface area contributed by atoms with E-state index in [4.69, 9.17) is 22.4 Å². The Morgan fingerprint density at radius 3 is 0.917 bits per heavy atom. The fraction of sp³-hybridized carbons (Fsp3) is 0. The van der Waals surface area contributed by atoms with Gasteiger partial charge in [0.15, 0.2) is 0 Å². The van der Waals surface area contributed by atoms with Crippen molar-refractivity contribution in [1.82, 2.24) is 0 Å². The molecule has 0 aliphatic heterocycles. The van der Waals surface area contributed by atoms with Crippen LogP contribution in [0.4, 0.5) is 34.1 Å². The lowest BCUT2D eigenvalue weighted by Crippen LogP contribution is -2.11. The van der Waals surface area contributed by atoms with Crippen molar-refractivity contribution in [1.29, 1.82) is 0 Å². The first-order valence-electron chi connectivity index (χ1n) is 14.5. The van der Waals surface area contributed by atoms with Gasteiger partial charge in [-0.1, -0.05) is 60.7 Å². The van der Waals surface area contributed by atoms with Gasteiger partial charge in [0, 0.05) is 57.9 Å². The van der Waals surface area contributed by atoms with Crippen LogP contribution in [0.25, 0.3) is 11.1 Å². The van der Waals surface area contributed by atoms with Crippen LogP contribution in [0.3, 0.4) is 0 Å². The molecule has 0 aromatic heterocycles. The summed E-state index contributed by atoms with van der Waals surface area (Å²) < 4.78 is 25.4. The van der Waals surface area contributed by atoms with E-state index < -0.39 is 24.8 Å². The maximum Gasteiger partial charge on any atom is 0.0462 e. The highest BCUT2D eigenvalue weighted by molar-refractivity contribution is 14.2. The number of para-hydroxylation sites is 2. The number of benzene rings is 6. The lowest BCUT2D eigenvalue weighted by molar-refractivity contribution is 0.601. The Morgan fingerprint density at radius 1 is 0.396 bits per heavy atom. The SMILES string of the molecule is O=P(c1ccc(N(c2ccc(-c3ccc(N(c4ccccc4)c4ccccc4)cc3)cc2)c2ccc(P(=O)=[S-](=S)I)cc2)cc1)=[S-](=S)I. The van der Waals surface area contributed by atoms with Gasteiger partial charge >= 0.3 is 0 Å². The topological polar surface area (TPSA) is 40.6 Å². The zero-order chi connectivity index (χ0) is 33.6. The monoisotopic (exact) mass is 962 g/mol. The highest BCUT2D eigenvalue weighted by Crippen LogP contribution is 2.38. The Morgan fingerprint density at radius 2 is 0.646 bits per heavy atom. The summed E-state index contributed by atoms with van der Waals surface area (Å²) in [5.41, 5.74) is 8.24. The molecule has 2 unspecified atom stereocenters. The minimum atomic E-state index is -1.64. The van der Waals surface area contributed by atoms with E-state index in [-0.39, 0.29) is 0 Å². The van der Waals surface area contributed by atoms with Gasteiger partial charge < -0.3 is 18.9 Å². The number of rotatable bonds is 9. The third-order valence-corrected chi connectivity index (χ3v) is 21.2. The summed E-state index contributed by atoms with van der Waals surface area (Å²) in [6, 6.07) is 53.3. The molecule has 12 heteroatoms. The van der Waals surface area contributed by atoms with E-state index in [1.807, 2.05) is 60.7 Å². The molecule has 0 bridgehead atoms. The molecule has 0 amide bonds. The van der Waals surface area contributed by atoms with Gasteiger partial charge in [-0.05, 0) is 108 Å². The molecular weight excluding hydrogens is 936 g/mol. The van der Waals surface area contributed by atoms with Crippen LogP contribution in [0.5, 0.6) is 0 Å². The number of anilines is 6. The second-order valence-corrected chi connectivity index (χ2v) is 34.0. The third-order valence-electron chi connectivity index (χ3n) is 7.51. The normalized spacial score (nSPS) is 12.9. The fourth-order valence-electron chi connectivity index (χ4n) is 5.27. The molecule has 6 aromatic carbocycles. The van der Waals surface area contributed by atoms with E-state index in [9.17, 15) is 9.13 Å². The zero-order valence-electron chi connectivity index (χ0n) is 25.0. The molecule has 0 heterocycles. The minimum absolute atomic E-state index is 0.647. The molecule has 6 aromatic rings. The van der Waals surface area contributed by atoms with Crippen LogP contribution in [0, 0.1) is 0 Å². The summed E-state index contributed by atoms with van der Waals surface area (Å²) >= 11 is 14.7. The first kappa shape index (κ1) is 35.5. The van der Waals surface area contributed by atoms with Crippen molar-refractivity contribution in [3.05, 3.63) is 158 Å². The van der Waals surface area contributed by atoms with Gasteiger partial charge in [-0.25, -0.2) is 42.4 Å². The Kier molecular flexibility index (Phi) is 12.3. The van der Waals surface area contributed by atoms with Gasteiger partial charge in [0.05, 0.1) is 0 Å². The number of nitrogens with zero attached hydrogens (tertiary/aromatic N) is 2. The maximum atomic E-state index is 12.7. The third kappa shape index (κ3) is 8.36. The predicted octanol–water partition coefficient (Wildman–Crippen LogP) is 11.9. The number of halogens is 2. The van der Waals surface area contributed by atoms with E-state index in [1.165, 1.54) is 0 Å². The number of hydrogen-bond acceptors (Lipinski definition) is 8. The lowest BCUT2D eigenvalue weighted by atomic mass is 10.0. The van der Waals surface area contributed by atoms with Crippen molar-refractivity contribution in [3.8, 4) is 11.1 Å². The molecule has 0 saturated heterocycles. The van der Waals surface area contributed by atoms with Gasteiger partial charge in [-0.3, -0.25) is 34.0 Å². The van der Waals surface area contributed by atoms with Crippen LogP contribution in [0.15, 0.2) is 158 Å². The van der Waals surface area contributed by atoms with Gasteiger partial charge in [0.1, 0.15) is 0 Å². The largest absolute Gasteiger partial charge is 0.311 e. The van der Waals surface area contributed by atoms with E-state index >= 15 is 0 Å². The van der Waals surface area contributed by atoms with Crippen LogP contribution >= 0.6 is 55.6 Å². The molecular formula is C36H26I2N2O2P2S4-2. The zero-order valence-corrected chi connectivity index (χ0v) is 34.4. The summed E-state index contributed by atoms with van der Waals surface area (Å²) in [7, 11) is 0. The van der Waals surface area contributed by atoms with Crippen LogP contribution in [0.1, 0.15) is 0 Å². The van der Waals surface area contributed by atoms with Crippen LogP contribution in [0.2, 0.25) is 0 Å². The molecule has 2 atom stereocenters. The van der Waals surface area contributed by atoms with Crippen molar-refractivity contribution < 1.29 is 9.13 Å². The van der Waals surface area contributed by atoms with Crippen LogP contribution < -0.4 is 20.4 Å². The van der Waals surface area contributed by atoms with Gasteiger partial charge in [-0.2, -0.15) is 0 Å². The van der Waals surface area contributed by atoms with E-state index in [0.29, 0.717) is 0 Å². The smallest absolute Gasteiger partial charge is 0.0462 e. The quantitative estimate of drug-likeness (QED) is 0.0622. The molecule has 0 N–H and O–H groups in total. The van der Waals surface area contributed by atoms with Gasteiger partial charge in [0.25, 0.3) is 0 Å². The Balaban J connectivity index is 1.34. The maximum absolute atomic E-state index is 12.7. The average Bonchev–Trinajstić information content (AvgIpc) is 3.13. The van der Waals surface area contributed by atoms with Crippen LogP contribution in [-0.2, 0) is 43.1 Å². The second kappa shape index (κ2) is 16.6. The second-order valence-electron chi connectivity index (χ2n) is 10.4. The molecule has 4 nitrogen and oxygen atoms in total. The Bertz CT molecular complexity index is 2200. The molecule has 48 heavy (non-hydrogen) atoms. The number of hydrogen-bond donors (Lipinski definition) is 0. The summed E-state index contributed by atoms with van der Waals surface area (Å²) in [4.78, 5) is 4.38. The van der Waals surface area contributed by atoms with Crippen molar-refractivity contribution >= 4 is 134 Å². The van der Waals surface area contributed by atoms with Gasteiger partial charge in [-0.15, -0.1) is 0 Å². The van der Waals surface area contributed by atoms with Crippen molar-refractivity contribution in [3.63, 3.8) is 0 Å². The van der Waals surface area contributed by atoms with Crippen molar-refractivity contribution in [2.24, 2.45) is 0 Å². The lowest BCUT2D eigenvalue weighted by Gasteiger charge is -2.26. The molecule has 0 spiro atoms. The van der Waals surface area contributed by atoms with E-state index in [2.05, 4.69) is 149 Å². The molecule has 242 valence electrons. The Labute approximate surface area is 318 Å². The molecule has 6 rings (SSSR count). The molecule has 0 radical (unpaired) electrons. The van der Waals surface area contributed by atoms with Crippen molar-refractivity contribution in [2.45, 2.75) is 0 Å². The molecule has 0 aliphatic carbocycles. The summed E-state index contributed by atoms with van der Waals surface area (Å²) in [6.07, 6.45) is 0. The molecule has 0 fully saturated rings. The van der Waals surface area contributed by atoms with E-state index in [0.717, 1.165) is 55.9 Å². The molecule has 0 saturated carbocycles. The summed E-state index contributed by atoms with van der Waals surface area (Å²) in [5, 5.41) is 1.48. The van der Waals surface area contributed by atoms with Gasteiger partial charge in [0.2, 0.25) is 0 Å².